The van der Waals surface area contributed by atoms with Crippen LogP contribution in [0, 0.1) is 0 Å². The molecule has 1 aromatic carbocycles. The standard InChI is InChI=1S/C12H18N2O2/c1-3-13-11-7-5-10(6-8-11)9-16-12(15)14-4-2/h5-8,13H,3-4,9H2,1-2H3,(H,14,15). The fourth-order valence-electron chi connectivity index (χ4n) is 1.27. The van der Waals surface area contributed by atoms with Crippen molar-refractivity contribution in [3.8, 4) is 0 Å². The molecule has 16 heavy (non-hydrogen) atoms. The number of nitrogens with one attached hydrogen (secondary N) is 2. The summed E-state index contributed by atoms with van der Waals surface area (Å²) in [5.74, 6) is 0. The highest BCUT2D eigenvalue weighted by molar-refractivity contribution is 5.67. The van der Waals surface area contributed by atoms with Crippen molar-refractivity contribution >= 4 is 11.8 Å². The van der Waals surface area contributed by atoms with Crippen LogP contribution in [-0.2, 0) is 11.3 Å². The van der Waals surface area contributed by atoms with Crippen molar-refractivity contribution in [3.05, 3.63) is 29.8 Å². The van der Waals surface area contributed by atoms with Crippen LogP contribution >= 0.6 is 0 Å². The Bertz CT molecular complexity index is 322. The smallest absolute Gasteiger partial charge is 0.407 e. The highest BCUT2D eigenvalue weighted by Gasteiger charge is 2.00. The van der Waals surface area contributed by atoms with Crippen molar-refractivity contribution < 1.29 is 9.53 Å². The number of anilines is 1. The van der Waals surface area contributed by atoms with Gasteiger partial charge in [-0.1, -0.05) is 12.1 Å². The van der Waals surface area contributed by atoms with Crippen molar-refractivity contribution in [2.75, 3.05) is 18.4 Å². The molecular formula is C12H18N2O2. The molecule has 0 fully saturated rings. The Labute approximate surface area is 96.0 Å². The largest absolute Gasteiger partial charge is 0.445 e. The van der Waals surface area contributed by atoms with Crippen LogP contribution in [0.2, 0.25) is 0 Å². The molecule has 0 radical (unpaired) electrons. The minimum absolute atomic E-state index is 0.304. The Kier molecular flexibility index (Phi) is 5.19. The normalized spacial score (nSPS) is 9.62. The van der Waals surface area contributed by atoms with Gasteiger partial charge in [0.25, 0.3) is 0 Å². The van der Waals surface area contributed by atoms with Crippen molar-refractivity contribution in [3.63, 3.8) is 0 Å². The van der Waals surface area contributed by atoms with Crippen molar-refractivity contribution in [2.24, 2.45) is 0 Å². The van der Waals surface area contributed by atoms with Gasteiger partial charge < -0.3 is 15.4 Å². The van der Waals surface area contributed by atoms with Crippen LogP contribution < -0.4 is 10.6 Å². The summed E-state index contributed by atoms with van der Waals surface area (Å²) in [4.78, 5) is 11.0. The van der Waals surface area contributed by atoms with E-state index in [9.17, 15) is 4.79 Å². The molecule has 4 heteroatoms. The Morgan fingerprint density at radius 1 is 1.19 bits per heavy atom. The number of alkyl carbamates (subject to hydrolysis) is 1. The van der Waals surface area contributed by atoms with Gasteiger partial charge in [-0.05, 0) is 31.5 Å². The molecule has 0 bridgehead atoms. The van der Waals surface area contributed by atoms with E-state index in [1.165, 1.54) is 0 Å². The lowest BCUT2D eigenvalue weighted by molar-refractivity contribution is 0.140. The molecule has 88 valence electrons. The second-order valence-corrected chi connectivity index (χ2v) is 3.33. The Balaban J connectivity index is 2.40. The van der Waals surface area contributed by atoms with E-state index < -0.39 is 0 Å². The van der Waals surface area contributed by atoms with Gasteiger partial charge >= 0.3 is 6.09 Å². The van der Waals surface area contributed by atoms with Crippen LogP contribution in [-0.4, -0.2) is 19.2 Å². The molecule has 1 rings (SSSR count). The van der Waals surface area contributed by atoms with Gasteiger partial charge in [0.05, 0.1) is 0 Å². The zero-order valence-corrected chi connectivity index (χ0v) is 9.75. The molecule has 0 spiro atoms. The predicted octanol–water partition coefficient (Wildman–Crippen LogP) is 2.36. The minimum atomic E-state index is -0.377. The van der Waals surface area contributed by atoms with Crippen LogP contribution in [0.25, 0.3) is 0 Å². The van der Waals surface area contributed by atoms with Gasteiger partial charge in [0.2, 0.25) is 0 Å². The van der Waals surface area contributed by atoms with Gasteiger partial charge in [-0.2, -0.15) is 0 Å². The van der Waals surface area contributed by atoms with Crippen molar-refractivity contribution in [1.29, 1.82) is 0 Å². The second-order valence-electron chi connectivity index (χ2n) is 3.33. The Morgan fingerprint density at radius 2 is 1.88 bits per heavy atom. The van der Waals surface area contributed by atoms with E-state index in [0.717, 1.165) is 17.8 Å². The molecular weight excluding hydrogens is 204 g/mol. The highest BCUT2D eigenvalue weighted by Crippen LogP contribution is 2.09. The number of ether oxygens (including phenoxy) is 1. The summed E-state index contributed by atoms with van der Waals surface area (Å²) in [6.07, 6.45) is -0.377. The summed E-state index contributed by atoms with van der Waals surface area (Å²) in [5, 5.41) is 5.77. The number of hydrogen-bond donors (Lipinski definition) is 2. The van der Waals surface area contributed by atoms with Crippen LogP contribution in [0.15, 0.2) is 24.3 Å². The molecule has 1 aromatic rings. The number of carbonyl (C=O) groups excluding carboxylic acids is 1. The minimum Gasteiger partial charge on any atom is -0.445 e. The summed E-state index contributed by atoms with van der Waals surface area (Å²) < 4.78 is 5.00. The zero-order valence-electron chi connectivity index (χ0n) is 9.75. The van der Waals surface area contributed by atoms with E-state index in [2.05, 4.69) is 10.6 Å². The van der Waals surface area contributed by atoms with E-state index in [1.54, 1.807) is 0 Å². The molecule has 2 N–H and O–H groups in total. The van der Waals surface area contributed by atoms with Gasteiger partial charge in [0.1, 0.15) is 6.61 Å². The molecule has 0 aliphatic rings. The Morgan fingerprint density at radius 3 is 2.44 bits per heavy atom. The molecule has 0 heterocycles. The maximum absolute atomic E-state index is 11.0. The molecule has 0 atom stereocenters. The molecule has 4 nitrogen and oxygen atoms in total. The van der Waals surface area contributed by atoms with E-state index >= 15 is 0 Å². The third kappa shape index (κ3) is 4.21. The summed E-state index contributed by atoms with van der Waals surface area (Å²) in [6.45, 7) is 5.68. The second kappa shape index (κ2) is 6.71. The number of benzene rings is 1. The number of carbonyl (C=O) groups is 1. The van der Waals surface area contributed by atoms with E-state index in [0.29, 0.717) is 13.2 Å². The van der Waals surface area contributed by atoms with E-state index in [-0.39, 0.29) is 6.09 Å². The first-order chi connectivity index (χ1) is 7.76. The van der Waals surface area contributed by atoms with Gasteiger partial charge in [0.15, 0.2) is 0 Å². The average molecular weight is 222 g/mol. The molecule has 0 saturated carbocycles. The summed E-state index contributed by atoms with van der Waals surface area (Å²) in [5.41, 5.74) is 2.05. The highest BCUT2D eigenvalue weighted by atomic mass is 16.5. The zero-order chi connectivity index (χ0) is 11.8. The molecule has 0 aliphatic heterocycles. The fraction of sp³-hybridized carbons (Fsp3) is 0.417. The quantitative estimate of drug-likeness (QED) is 0.804. The number of rotatable bonds is 5. The lowest BCUT2D eigenvalue weighted by atomic mass is 10.2. The van der Waals surface area contributed by atoms with Gasteiger partial charge in [-0.25, -0.2) is 4.79 Å². The summed E-state index contributed by atoms with van der Waals surface area (Å²) in [7, 11) is 0. The number of hydrogen-bond acceptors (Lipinski definition) is 3. The first kappa shape index (κ1) is 12.4. The summed E-state index contributed by atoms with van der Waals surface area (Å²) >= 11 is 0. The van der Waals surface area contributed by atoms with Crippen LogP contribution in [0.5, 0.6) is 0 Å². The number of amides is 1. The molecule has 0 aliphatic carbocycles. The van der Waals surface area contributed by atoms with Crippen LogP contribution in [0.3, 0.4) is 0 Å². The lowest BCUT2D eigenvalue weighted by Gasteiger charge is -2.07. The third-order valence-corrected chi connectivity index (χ3v) is 2.03. The summed E-state index contributed by atoms with van der Waals surface area (Å²) in [6, 6.07) is 7.83. The average Bonchev–Trinajstić information content (AvgIpc) is 2.29. The van der Waals surface area contributed by atoms with E-state index in [4.69, 9.17) is 4.74 Å². The maximum atomic E-state index is 11.0. The topological polar surface area (TPSA) is 50.4 Å². The van der Waals surface area contributed by atoms with Crippen molar-refractivity contribution in [1.82, 2.24) is 5.32 Å². The fourth-order valence-corrected chi connectivity index (χ4v) is 1.27. The monoisotopic (exact) mass is 222 g/mol. The Hall–Kier alpha value is -1.71. The molecule has 0 aromatic heterocycles. The maximum Gasteiger partial charge on any atom is 0.407 e. The van der Waals surface area contributed by atoms with Crippen LogP contribution in [0.1, 0.15) is 19.4 Å². The SMILES string of the molecule is CCNC(=O)OCc1ccc(NCC)cc1. The van der Waals surface area contributed by atoms with Crippen LogP contribution in [0.4, 0.5) is 10.5 Å². The van der Waals surface area contributed by atoms with Gasteiger partial charge in [0, 0.05) is 18.8 Å². The molecule has 1 amide bonds. The molecule has 0 unspecified atom stereocenters. The van der Waals surface area contributed by atoms with E-state index in [1.807, 2.05) is 38.1 Å². The van der Waals surface area contributed by atoms with Crippen molar-refractivity contribution in [2.45, 2.75) is 20.5 Å². The van der Waals surface area contributed by atoms with Gasteiger partial charge in [-0.3, -0.25) is 0 Å². The predicted molar refractivity (Wildman–Crippen MR) is 64.5 cm³/mol. The third-order valence-electron chi connectivity index (χ3n) is 2.03. The molecule has 0 saturated heterocycles. The first-order valence-electron chi connectivity index (χ1n) is 5.49. The lowest BCUT2D eigenvalue weighted by Crippen LogP contribution is -2.23. The first-order valence-corrected chi connectivity index (χ1v) is 5.49. The van der Waals surface area contributed by atoms with Gasteiger partial charge in [-0.15, -0.1) is 0 Å².